The summed E-state index contributed by atoms with van der Waals surface area (Å²) in [4.78, 5) is 29.3. The second kappa shape index (κ2) is 8.10. The van der Waals surface area contributed by atoms with Crippen LogP contribution in [0.4, 0.5) is 0 Å². The van der Waals surface area contributed by atoms with Crippen molar-refractivity contribution < 1.29 is 28.9 Å². The lowest BCUT2D eigenvalue weighted by Crippen LogP contribution is -2.65. The van der Waals surface area contributed by atoms with Crippen LogP contribution in [0.1, 0.15) is 68.9 Å². The van der Waals surface area contributed by atoms with Gasteiger partial charge in [-0.3, -0.25) is 4.79 Å². The van der Waals surface area contributed by atoms with E-state index in [1.54, 1.807) is 6.92 Å². The molecule has 8 nitrogen and oxygen atoms in total. The van der Waals surface area contributed by atoms with Crippen molar-refractivity contribution >= 4 is 23.3 Å². The van der Waals surface area contributed by atoms with Gasteiger partial charge in [-0.2, -0.15) is 4.37 Å². The lowest BCUT2D eigenvalue weighted by molar-refractivity contribution is -0.217. The van der Waals surface area contributed by atoms with Gasteiger partial charge in [0.05, 0.1) is 35.8 Å². The van der Waals surface area contributed by atoms with Gasteiger partial charge in [-0.15, -0.1) is 0 Å². The molecule has 0 aromatic carbocycles. The average Bonchev–Trinajstić information content (AvgIpc) is 3.04. The van der Waals surface area contributed by atoms with Crippen molar-refractivity contribution in [1.29, 1.82) is 0 Å². The highest BCUT2D eigenvalue weighted by atomic mass is 32.1. The number of Topliss-reactive ketones (excluding diaryl/α,β-unsaturated/α-hetero) is 1. The van der Waals surface area contributed by atoms with Gasteiger partial charge >= 0.3 is 5.97 Å². The smallest absolute Gasteiger partial charge is 0.341 e. The SMILES string of the molecule is CC1=CC23C(=O)[C@@H](C=C4COC(C)(C)OC[C@H]4[C@]2(O)[C@H]1OC(=O)c1c(C)nsc1C)[C@@]1(N)C(C[C@H]3C)C1(C)C. The Kier molecular flexibility index (Phi) is 5.66. The fraction of sp³-hybridized carbons (Fsp3) is 0.700. The number of ether oxygens (including phenoxy) is 3. The molecule has 0 radical (unpaired) electrons. The molecule has 1 aromatic rings. The Morgan fingerprint density at radius 1 is 1.21 bits per heavy atom. The van der Waals surface area contributed by atoms with E-state index in [1.165, 1.54) is 11.5 Å². The van der Waals surface area contributed by atoms with E-state index in [2.05, 4.69) is 18.2 Å². The molecule has 1 aliphatic heterocycles. The highest BCUT2D eigenvalue weighted by molar-refractivity contribution is 7.06. The summed E-state index contributed by atoms with van der Waals surface area (Å²) in [5.41, 5.74) is 5.53. The fourth-order valence-electron chi connectivity index (χ4n) is 8.61. The van der Waals surface area contributed by atoms with Gasteiger partial charge < -0.3 is 25.1 Å². The van der Waals surface area contributed by atoms with E-state index in [9.17, 15) is 14.7 Å². The average molecular weight is 557 g/mol. The fourth-order valence-corrected chi connectivity index (χ4v) is 9.30. The number of nitrogens with zero attached hydrogens (tertiary/aromatic N) is 1. The maximum Gasteiger partial charge on any atom is 0.341 e. The van der Waals surface area contributed by atoms with E-state index in [1.807, 2.05) is 46.8 Å². The van der Waals surface area contributed by atoms with Crippen molar-refractivity contribution in [2.24, 2.45) is 40.2 Å². The predicted octanol–water partition coefficient (Wildman–Crippen LogP) is 3.88. The molecule has 5 aliphatic rings. The number of nitrogens with two attached hydrogens (primary N) is 1. The molecule has 39 heavy (non-hydrogen) atoms. The van der Waals surface area contributed by atoms with Crippen molar-refractivity contribution in [2.45, 2.75) is 84.8 Å². The summed E-state index contributed by atoms with van der Waals surface area (Å²) in [6.07, 6.45) is 3.49. The zero-order valence-corrected chi connectivity index (χ0v) is 24.9. The lowest BCUT2D eigenvalue weighted by atomic mass is 9.57. The van der Waals surface area contributed by atoms with Crippen LogP contribution in [0.25, 0.3) is 0 Å². The molecule has 2 saturated carbocycles. The first kappa shape index (κ1) is 27.3. The topological polar surface area (TPSA) is 121 Å². The van der Waals surface area contributed by atoms with Crippen LogP contribution in [-0.2, 0) is 19.0 Å². The predicted molar refractivity (Wildman–Crippen MR) is 146 cm³/mol. The molecular weight excluding hydrogens is 516 g/mol. The van der Waals surface area contributed by atoms with Crippen LogP contribution < -0.4 is 5.73 Å². The minimum Gasteiger partial charge on any atom is -0.451 e. The monoisotopic (exact) mass is 556 g/mol. The van der Waals surface area contributed by atoms with Crippen LogP contribution in [0.3, 0.4) is 0 Å². The van der Waals surface area contributed by atoms with Gasteiger partial charge in [-0.25, -0.2) is 4.79 Å². The second-order valence-corrected chi connectivity index (χ2v) is 14.5. The maximum absolute atomic E-state index is 14.9. The molecule has 3 fully saturated rings. The van der Waals surface area contributed by atoms with Crippen molar-refractivity contribution in [3.05, 3.63) is 39.4 Å². The van der Waals surface area contributed by atoms with Gasteiger partial charge in [-0.05, 0) is 81.0 Å². The summed E-state index contributed by atoms with van der Waals surface area (Å²) in [6.45, 7) is 15.7. The molecule has 6 rings (SSSR count). The van der Waals surface area contributed by atoms with E-state index in [4.69, 9.17) is 19.9 Å². The maximum atomic E-state index is 14.9. The molecule has 3 N–H and O–H groups in total. The van der Waals surface area contributed by atoms with E-state index in [0.29, 0.717) is 23.3 Å². The van der Waals surface area contributed by atoms with Crippen LogP contribution in [-0.4, -0.2) is 57.5 Å². The molecule has 2 unspecified atom stereocenters. The highest BCUT2D eigenvalue weighted by Gasteiger charge is 2.81. The summed E-state index contributed by atoms with van der Waals surface area (Å²) in [5.74, 6) is -2.92. The Labute approximate surface area is 234 Å². The molecular formula is C30H40N2O6S. The van der Waals surface area contributed by atoms with Crippen molar-refractivity contribution in [3.63, 3.8) is 0 Å². The Bertz CT molecular complexity index is 1330. The number of fused-ring (bicyclic) bond motifs is 5. The standard InChI is InChI=1S/C30H40N2O6S/c1-14-11-28-15(2)9-21-26(5,6)29(21,31)19(23(28)33)10-18-12-36-27(7,8)37-13-20(18)30(28,35)24(14)38-25(34)22-16(3)32-39-17(22)4/h10-11,15,19-21,24,35H,9,12-13,31H2,1-8H3/t15-,19-,20-,21?,24+,28?,29-,30+/m1/s1. The summed E-state index contributed by atoms with van der Waals surface area (Å²) < 4.78 is 22.9. The minimum absolute atomic E-state index is 0.102. The number of aliphatic hydroxyl groups is 1. The summed E-state index contributed by atoms with van der Waals surface area (Å²) in [6, 6.07) is 0. The first-order valence-electron chi connectivity index (χ1n) is 13.9. The van der Waals surface area contributed by atoms with E-state index in [0.717, 1.165) is 10.5 Å². The van der Waals surface area contributed by atoms with Gasteiger partial charge in [-0.1, -0.05) is 32.9 Å². The molecule has 4 aliphatic carbocycles. The number of hydrogen-bond donors (Lipinski definition) is 2. The normalized spacial score (nSPS) is 43.5. The molecule has 9 heteroatoms. The van der Waals surface area contributed by atoms with Crippen LogP contribution >= 0.6 is 11.5 Å². The zero-order valence-electron chi connectivity index (χ0n) is 24.1. The minimum atomic E-state index is -1.78. The molecule has 1 spiro atoms. The summed E-state index contributed by atoms with van der Waals surface area (Å²) in [7, 11) is 0. The van der Waals surface area contributed by atoms with Gasteiger partial charge in [0, 0.05) is 16.3 Å². The Morgan fingerprint density at radius 2 is 1.90 bits per heavy atom. The molecule has 1 aromatic heterocycles. The number of hydrogen-bond acceptors (Lipinski definition) is 9. The Morgan fingerprint density at radius 3 is 2.54 bits per heavy atom. The number of carbonyl (C=O) groups is 2. The number of aromatic nitrogens is 1. The Hall–Kier alpha value is -1.91. The number of carbonyl (C=O) groups excluding carboxylic acids is 2. The van der Waals surface area contributed by atoms with Gasteiger partial charge in [0.2, 0.25) is 0 Å². The number of aryl methyl sites for hydroxylation is 2. The van der Waals surface area contributed by atoms with Crippen molar-refractivity contribution in [3.8, 4) is 0 Å². The molecule has 212 valence electrons. The largest absolute Gasteiger partial charge is 0.451 e. The van der Waals surface area contributed by atoms with Crippen LogP contribution in [0.2, 0.25) is 0 Å². The summed E-state index contributed by atoms with van der Waals surface area (Å²) in [5, 5.41) is 13.2. The van der Waals surface area contributed by atoms with Crippen LogP contribution in [0.15, 0.2) is 23.3 Å². The van der Waals surface area contributed by atoms with Gasteiger partial charge in [0.25, 0.3) is 0 Å². The quantitative estimate of drug-likeness (QED) is 0.416. The first-order valence-corrected chi connectivity index (χ1v) is 14.7. The van der Waals surface area contributed by atoms with Crippen molar-refractivity contribution in [1.82, 2.24) is 4.37 Å². The van der Waals surface area contributed by atoms with Crippen LogP contribution in [0.5, 0.6) is 0 Å². The van der Waals surface area contributed by atoms with Crippen molar-refractivity contribution in [2.75, 3.05) is 13.2 Å². The third-order valence-electron chi connectivity index (χ3n) is 11.0. The second-order valence-electron chi connectivity index (χ2n) is 13.5. The highest BCUT2D eigenvalue weighted by Crippen LogP contribution is 2.73. The number of rotatable bonds is 2. The third-order valence-corrected chi connectivity index (χ3v) is 11.8. The number of esters is 1. The Balaban J connectivity index is 1.55. The lowest BCUT2D eigenvalue weighted by Gasteiger charge is -2.50. The van der Waals surface area contributed by atoms with E-state index >= 15 is 0 Å². The number of ketones is 1. The molecule has 0 amide bonds. The molecule has 8 atom stereocenters. The zero-order chi connectivity index (χ0) is 28.5. The first-order chi connectivity index (χ1) is 18.0. The molecule has 2 heterocycles. The molecule has 1 saturated heterocycles. The third kappa shape index (κ3) is 3.22. The molecule has 2 bridgehead atoms. The van der Waals surface area contributed by atoms with E-state index < -0.39 is 46.3 Å². The van der Waals surface area contributed by atoms with Gasteiger partial charge in [0.15, 0.2) is 17.7 Å². The van der Waals surface area contributed by atoms with Crippen LogP contribution in [0, 0.1) is 48.3 Å². The van der Waals surface area contributed by atoms with E-state index in [-0.39, 0.29) is 36.2 Å². The van der Waals surface area contributed by atoms with Gasteiger partial charge in [0.1, 0.15) is 5.60 Å². The summed E-state index contributed by atoms with van der Waals surface area (Å²) >= 11 is 1.24.